The number of carbonyl (C=O) groups is 1. The molecule has 0 saturated carbocycles. The van der Waals surface area contributed by atoms with Gasteiger partial charge in [-0.15, -0.1) is 0 Å². The molecule has 0 aromatic carbocycles. The Labute approximate surface area is 108 Å². The number of hydrogen-bond donors (Lipinski definition) is 0. The fourth-order valence-corrected chi connectivity index (χ4v) is 2.55. The molecule has 98 valence electrons. The molecule has 0 radical (unpaired) electrons. The van der Waals surface area contributed by atoms with Crippen LogP contribution in [-0.2, 0) is 9.53 Å². The summed E-state index contributed by atoms with van der Waals surface area (Å²) >= 11 is 0. The molecule has 0 N–H and O–H groups in total. The second kappa shape index (κ2) is 6.50. The van der Waals surface area contributed by atoms with Gasteiger partial charge in [-0.05, 0) is 31.0 Å². The molecule has 2 rings (SSSR count). The number of carbonyl (C=O) groups excluding carboxylic acids is 1. The van der Waals surface area contributed by atoms with Crippen molar-refractivity contribution in [2.24, 2.45) is 0 Å². The first-order valence-corrected chi connectivity index (χ1v) is 6.52. The summed E-state index contributed by atoms with van der Waals surface area (Å²) in [5.41, 5.74) is 1.25. The third-order valence-corrected chi connectivity index (χ3v) is 3.51. The fourth-order valence-electron chi connectivity index (χ4n) is 2.55. The van der Waals surface area contributed by atoms with Crippen molar-refractivity contribution in [1.29, 1.82) is 0 Å². The van der Waals surface area contributed by atoms with Gasteiger partial charge < -0.3 is 4.74 Å². The van der Waals surface area contributed by atoms with Gasteiger partial charge in [0.2, 0.25) is 0 Å². The molecule has 1 fully saturated rings. The van der Waals surface area contributed by atoms with Gasteiger partial charge in [-0.25, -0.2) is 0 Å². The van der Waals surface area contributed by atoms with Crippen LogP contribution in [-0.4, -0.2) is 36.1 Å². The number of ether oxygens (including phenoxy) is 1. The zero-order valence-corrected chi connectivity index (χ0v) is 10.8. The predicted octanol–water partition coefficient (Wildman–Crippen LogP) is 2.17. The second-order valence-corrected chi connectivity index (χ2v) is 4.66. The summed E-state index contributed by atoms with van der Waals surface area (Å²) in [5.74, 6) is -0.134. The predicted molar refractivity (Wildman–Crippen MR) is 69.0 cm³/mol. The molecule has 4 heteroatoms. The van der Waals surface area contributed by atoms with E-state index in [-0.39, 0.29) is 5.97 Å². The Bertz CT molecular complexity index is 381. The van der Waals surface area contributed by atoms with Crippen LogP contribution in [0, 0.1) is 0 Å². The van der Waals surface area contributed by atoms with Crippen LogP contribution in [0.4, 0.5) is 0 Å². The Balaban J connectivity index is 2.00. The van der Waals surface area contributed by atoms with E-state index in [4.69, 9.17) is 4.74 Å². The SMILES string of the molecule is COC(=O)CCN1CCCCC1c1cccnc1. The van der Waals surface area contributed by atoms with E-state index < -0.39 is 0 Å². The number of hydrogen-bond acceptors (Lipinski definition) is 4. The highest BCUT2D eigenvalue weighted by Crippen LogP contribution is 2.30. The number of piperidine rings is 1. The first-order valence-electron chi connectivity index (χ1n) is 6.52. The number of pyridine rings is 1. The molecule has 2 heterocycles. The van der Waals surface area contributed by atoms with Crippen molar-refractivity contribution in [2.75, 3.05) is 20.2 Å². The van der Waals surface area contributed by atoms with E-state index in [1.807, 2.05) is 12.3 Å². The average Bonchev–Trinajstić information content (AvgIpc) is 2.46. The number of likely N-dealkylation sites (tertiary alicyclic amines) is 1. The average molecular weight is 248 g/mol. The maximum Gasteiger partial charge on any atom is 0.306 e. The molecule has 1 aromatic rings. The van der Waals surface area contributed by atoms with Crippen LogP contribution in [0.15, 0.2) is 24.5 Å². The van der Waals surface area contributed by atoms with E-state index in [1.54, 1.807) is 6.20 Å². The summed E-state index contributed by atoms with van der Waals surface area (Å²) in [6, 6.07) is 4.49. The Hall–Kier alpha value is -1.42. The maximum absolute atomic E-state index is 11.2. The van der Waals surface area contributed by atoms with Crippen LogP contribution < -0.4 is 0 Å². The highest BCUT2D eigenvalue weighted by atomic mass is 16.5. The van der Waals surface area contributed by atoms with Crippen molar-refractivity contribution in [3.63, 3.8) is 0 Å². The summed E-state index contributed by atoms with van der Waals surface area (Å²) in [6.07, 6.45) is 7.79. The van der Waals surface area contributed by atoms with Crippen molar-refractivity contribution >= 4 is 5.97 Å². The minimum Gasteiger partial charge on any atom is -0.469 e. The van der Waals surface area contributed by atoms with Gasteiger partial charge in [-0.3, -0.25) is 14.7 Å². The summed E-state index contributed by atoms with van der Waals surface area (Å²) in [5, 5.41) is 0. The molecule has 0 aliphatic carbocycles. The molecule has 0 bridgehead atoms. The lowest BCUT2D eigenvalue weighted by molar-refractivity contribution is -0.141. The summed E-state index contributed by atoms with van der Waals surface area (Å²) in [6.45, 7) is 1.82. The monoisotopic (exact) mass is 248 g/mol. The van der Waals surface area contributed by atoms with E-state index >= 15 is 0 Å². The van der Waals surface area contributed by atoms with Crippen molar-refractivity contribution in [1.82, 2.24) is 9.88 Å². The van der Waals surface area contributed by atoms with Gasteiger partial charge in [0, 0.05) is 25.0 Å². The van der Waals surface area contributed by atoms with Gasteiger partial charge in [-0.1, -0.05) is 12.5 Å². The van der Waals surface area contributed by atoms with Gasteiger partial charge in [0.25, 0.3) is 0 Å². The van der Waals surface area contributed by atoms with E-state index in [0.29, 0.717) is 12.5 Å². The maximum atomic E-state index is 11.2. The van der Waals surface area contributed by atoms with Gasteiger partial charge >= 0.3 is 5.97 Å². The first-order chi connectivity index (χ1) is 8.81. The molecular weight excluding hydrogens is 228 g/mol. The Kier molecular flexibility index (Phi) is 4.70. The van der Waals surface area contributed by atoms with Crippen molar-refractivity contribution < 1.29 is 9.53 Å². The van der Waals surface area contributed by atoms with Crippen molar-refractivity contribution in [3.05, 3.63) is 30.1 Å². The first kappa shape index (κ1) is 13.0. The molecule has 1 aliphatic heterocycles. The van der Waals surface area contributed by atoms with Crippen molar-refractivity contribution in [3.8, 4) is 0 Å². The van der Waals surface area contributed by atoms with Crippen LogP contribution in [0.3, 0.4) is 0 Å². The van der Waals surface area contributed by atoms with Gasteiger partial charge in [0.05, 0.1) is 13.5 Å². The standard InChI is InChI=1S/C14H20N2O2/c1-18-14(17)7-10-16-9-3-2-6-13(16)12-5-4-8-15-11-12/h4-5,8,11,13H,2-3,6-7,9-10H2,1H3. The largest absolute Gasteiger partial charge is 0.469 e. The second-order valence-electron chi connectivity index (χ2n) is 4.66. The Morgan fingerprint density at radius 3 is 3.17 bits per heavy atom. The molecule has 1 unspecified atom stereocenters. The van der Waals surface area contributed by atoms with Crippen LogP contribution in [0.25, 0.3) is 0 Å². The molecule has 4 nitrogen and oxygen atoms in total. The fraction of sp³-hybridized carbons (Fsp3) is 0.571. The van der Waals surface area contributed by atoms with E-state index in [1.165, 1.54) is 25.5 Å². The van der Waals surface area contributed by atoms with E-state index in [0.717, 1.165) is 19.5 Å². The third-order valence-electron chi connectivity index (χ3n) is 3.51. The van der Waals surface area contributed by atoms with Crippen LogP contribution in [0.5, 0.6) is 0 Å². The normalized spacial score (nSPS) is 20.6. The van der Waals surface area contributed by atoms with Crippen LogP contribution in [0.1, 0.15) is 37.3 Å². The summed E-state index contributed by atoms with van der Waals surface area (Å²) < 4.78 is 4.70. The molecular formula is C14H20N2O2. The molecule has 18 heavy (non-hydrogen) atoms. The molecule has 0 spiro atoms. The molecule has 1 aliphatic rings. The minimum atomic E-state index is -0.134. The van der Waals surface area contributed by atoms with Crippen LogP contribution >= 0.6 is 0 Å². The summed E-state index contributed by atoms with van der Waals surface area (Å²) in [4.78, 5) is 17.8. The number of aromatic nitrogens is 1. The summed E-state index contributed by atoms with van der Waals surface area (Å²) in [7, 11) is 1.44. The Morgan fingerprint density at radius 1 is 1.56 bits per heavy atom. The highest BCUT2D eigenvalue weighted by Gasteiger charge is 2.24. The van der Waals surface area contributed by atoms with E-state index in [9.17, 15) is 4.79 Å². The highest BCUT2D eigenvalue weighted by molar-refractivity contribution is 5.69. The van der Waals surface area contributed by atoms with Gasteiger partial charge in [-0.2, -0.15) is 0 Å². The van der Waals surface area contributed by atoms with E-state index in [2.05, 4.69) is 16.0 Å². The number of nitrogens with zero attached hydrogens (tertiary/aromatic N) is 2. The smallest absolute Gasteiger partial charge is 0.306 e. The Morgan fingerprint density at radius 2 is 2.44 bits per heavy atom. The lowest BCUT2D eigenvalue weighted by atomic mass is 9.96. The van der Waals surface area contributed by atoms with Gasteiger partial charge in [0.1, 0.15) is 0 Å². The number of rotatable bonds is 4. The van der Waals surface area contributed by atoms with Crippen molar-refractivity contribution in [2.45, 2.75) is 31.7 Å². The van der Waals surface area contributed by atoms with Gasteiger partial charge in [0.15, 0.2) is 0 Å². The number of esters is 1. The zero-order chi connectivity index (χ0) is 12.8. The zero-order valence-electron chi connectivity index (χ0n) is 10.8. The molecule has 1 saturated heterocycles. The molecule has 0 amide bonds. The topological polar surface area (TPSA) is 42.4 Å². The lowest BCUT2D eigenvalue weighted by Gasteiger charge is -2.35. The quantitative estimate of drug-likeness (QED) is 0.766. The number of methoxy groups -OCH3 is 1. The lowest BCUT2D eigenvalue weighted by Crippen LogP contribution is -2.35. The third kappa shape index (κ3) is 3.29. The molecule has 1 aromatic heterocycles. The van der Waals surface area contributed by atoms with Crippen LogP contribution in [0.2, 0.25) is 0 Å². The molecule has 1 atom stereocenters. The minimum absolute atomic E-state index is 0.134.